The standard InChI is InChI=1S/C34H44O18/c1-14-27(46-16(3)36)31(48-18(5)38)32(49-19(6)39)28(45-14)22-11-25(43-10)23(12-24(22)42-9)29-33(50-20(7)40)34(51-21(8)41)30(47-17(4)37)26(52-29)13-44-15(2)35/h11-12,14,26-34H,13H2,1-10H3/t14-,26+,27+,28+,29-,30-,31+,32+,33-,34-/m0/s1. The van der Waals surface area contributed by atoms with Gasteiger partial charge in [-0.15, -0.1) is 0 Å². The number of esters is 7. The molecule has 18 heteroatoms. The number of methoxy groups -OCH3 is 2. The van der Waals surface area contributed by atoms with Crippen LogP contribution in [-0.4, -0.2) is 111 Å². The Morgan fingerprint density at radius 1 is 0.500 bits per heavy atom. The van der Waals surface area contributed by atoms with E-state index in [2.05, 4.69) is 0 Å². The molecule has 0 aromatic heterocycles. The average Bonchev–Trinajstić information content (AvgIpc) is 3.03. The van der Waals surface area contributed by atoms with Crippen molar-refractivity contribution in [3.63, 3.8) is 0 Å². The third-order valence-electron chi connectivity index (χ3n) is 7.86. The normalized spacial score (nSPS) is 28.3. The number of rotatable bonds is 12. The fourth-order valence-electron chi connectivity index (χ4n) is 6.13. The Morgan fingerprint density at radius 3 is 1.23 bits per heavy atom. The first-order valence-electron chi connectivity index (χ1n) is 16.1. The maximum atomic E-state index is 12.5. The molecule has 0 radical (unpaired) electrons. The summed E-state index contributed by atoms with van der Waals surface area (Å²) >= 11 is 0. The number of carbonyl (C=O) groups is 7. The number of hydrogen-bond acceptors (Lipinski definition) is 18. The van der Waals surface area contributed by atoms with Gasteiger partial charge in [-0.1, -0.05) is 0 Å². The fourth-order valence-corrected chi connectivity index (χ4v) is 6.13. The van der Waals surface area contributed by atoms with Gasteiger partial charge in [0.15, 0.2) is 36.6 Å². The lowest BCUT2D eigenvalue weighted by molar-refractivity contribution is -0.254. The Morgan fingerprint density at radius 2 is 0.846 bits per heavy atom. The summed E-state index contributed by atoms with van der Waals surface area (Å²) in [6, 6.07) is 2.89. The molecule has 0 N–H and O–H groups in total. The van der Waals surface area contributed by atoms with Gasteiger partial charge in [-0.05, 0) is 19.1 Å². The van der Waals surface area contributed by atoms with Crippen molar-refractivity contribution in [2.24, 2.45) is 0 Å². The summed E-state index contributed by atoms with van der Waals surface area (Å²) in [5, 5.41) is 0. The molecule has 10 atom stereocenters. The quantitative estimate of drug-likeness (QED) is 0.220. The summed E-state index contributed by atoms with van der Waals surface area (Å²) in [4.78, 5) is 85.4. The van der Waals surface area contributed by atoms with Crippen molar-refractivity contribution in [3.8, 4) is 11.5 Å². The van der Waals surface area contributed by atoms with Crippen LogP contribution in [0.15, 0.2) is 12.1 Å². The molecule has 0 amide bonds. The summed E-state index contributed by atoms with van der Waals surface area (Å²) in [6.45, 7) is 8.98. The summed E-state index contributed by atoms with van der Waals surface area (Å²) in [7, 11) is 2.63. The summed E-state index contributed by atoms with van der Waals surface area (Å²) in [6.07, 6.45) is -13.0. The van der Waals surface area contributed by atoms with Gasteiger partial charge in [0, 0.05) is 59.6 Å². The second-order valence-electron chi connectivity index (χ2n) is 11.9. The van der Waals surface area contributed by atoms with Gasteiger partial charge < -0.3 is 52.1 Å². The van der Waals surface area contributed by atoms with Gasteiger partial charge in [0.2, 0.25) is 0 Å². The van der Waals surface area contributed by atoms with E-state index in [9.17, 15) is 33.6 Å². The molecule has 0 bridgehead atoms. The highest BCUT2D eigenvalue weighted by atomic mass is 16.7. The van der Waals surface area contributed by atoms with E-state index in [0.29, 0.717) is 0 Å². The molecular weight excluding hydrogens is 696 g/mol. The summed E-state index contributed by atoms with van der Waals surface area (Å²) < 4.78 is 62.6. The Bertz CT molecular complexity index is 1520. The highest BCUT2D eigenvalue weighted by Gasteiger charge is 2.55. The summed E-state index contributed by atoms with van der Waals surface area (Å²) in [5.41, 5.74) is 0.369. The van der Waals surface area contributed by atoms with Crippen LogP contribution >= 0.6 is 0 Å². The molecule has 1 aromatic rings. The van der Waals surface area contributed by atoms with Crippen molar-refractivity contribution in [1.29, 1.82) is 0 Å². The Hall–Kier alpha value is -4.97. The second kappa shape index (κ2) is 18.0. The summed E-state index contributed by atoms with van der Waals surface area (Å²) in [5.74, 6) is -5.22. The smallest absolute Gasteiger partial charge is 0.303 e. The molecular formula is C34H44O18. The van der Waals surface area contributed by atoms with Crippen LogP contribution in [0.5, 0.6) is 11.5 Å². The first-order valence-corrected chi connectivity index (χ1v) is 16.1. The van der Waals surface area contributed by atoms with Crippen LogP contribution in [0.4, 0.5) is 0 Å². The van der Waals surface area contributed by atoms with Crippen molar-refractivity contribution in [2.75, 3.05) is 20.8 Å². The Labute approximate surface area is 299 Å². The van der Waals surface area contributed by atoms with E-state index in [1.165, 1.54) is 26.4 Å². The molecule has 0 saturated carbocycles. The zero-order valence-electron chi connectivity index (χ0n) is 30.5. The lowest BCUT2D eigenvalue weighted by Crippen LogP contribution is -2.59. The van der Waals surface area contributed by atoms with Crippen LogP contribution in [0.3, 0.4) is 0 Å². The average molecular weight is 741 g/mol. The molecule has 3 rings (SSSR count). The molecule has 0 spiro atoms. The van der Waals surface area contributed by atoms with E-state index in [1.807, 2.05) is 0 Å². The van der Waals surface area contributed by atoms with Crippen LogP contribution in [-0.2, 0) is 76.2 Å². The third-order valence-corrected chi connectivity index (χ3v) is 7.86. The number of ether oxygens (including phenoxy) is 11. The lowest BCUT2D eigenvalue weighted by Gasteiger charge is -2.45. The SMILES string of the molecule is COc1cc([C@@H]2O[C@H](COC(C)=O)[C@H](OC(C)=O)[C@H](OC(C)=O)[C@H]2OC(C)=O)c(OC)cc1[C@H]1O[C@@H](C)[C@@H](OC(C)=O)[C@@H](OC(C)=O)[C@@H]1OC(C)=O. The zero-order chi connectivity index (χ0) is 39.0. The molecule has 2 fully saturated rings. The van der Waals surface area contributed by atoms with Crippen LogP contribution in [0.2, 0.25) is 0 Å². The van der Waals surface area contributed by atoms with E-state index >= 15 is 0 Å². The maximum absolute atomic E-state index is 12.5. The van der Waals surface area contributed by atoms with Gasteiger partial charge in [0.05, 0.1) is 20.3 Å². The van der Waals surface area contributed by atoms with Crippen molar-refractivity contribution >= 4 is 41.8 Å². The highest BCUT2D eigenvalue weighted by molar-refractivity contribution is 5.70. The molecule has 0 aliphatic carbocycles. The zero-order valence-corrected chi connectivity index (χ0v) is 30.5. The maximum Gasteiger partial charge on any atom is 0.303 e. The molecule has 1 aromatic carbocycles. The minimum atomic E-state index is -1.47. The van der Waals surface area contributed by atoms with E-state index < -0.39 is 109 Å². The molecule has 0 unspecified atom stereocenters. The van der Waals surface area contributed by atoms with Gasteiger partial charge in [-0.2, -0.15) is 0 Å². The molecule has 18 nitrogen and oxygen atoms in total. The van der Waals surface area contributed by atoms with E-state index in [4.69, 9.17) is 52.1 Å². The van der Waals surface area contributed by atoms with Crippen LogP contribution in [0.25, 0.3) is 0 Å². The predicted octanol–water partition coefficient (Wildman–Crippen LogP) is 1.76. The molecule has 2 aliphatic heterocycles. The van der Waals surface area contributed by atoms with Gasteiger partial charge in [0.25, 0.3) is 0 Å². The van der Waals surface area contributed by atoms with Gasteiger partial charge in [0.1, 0.15) is 36.4 Å². The number of hydrogen-bond donors (Lipinski definition) is 0. The minimum absolute atomic E-state index is 0.0562. The monoisotopic (exact) mass is 740 g/mol. The highest BCUT2D eigenvalue weighted by Crippen LogP contribution is 2.47. The van der Waals surface area contributed by atoms with E-state index in [-0.39, 0.29) is 22.6 Å². The van der Waals surface area contributed by atoms with E-state index in [0.717, 1.165) is 48.5 Å². The van der Waals surface area contributed by atoms with Gasteiger partial charge in [-0.3, -0.25) is 33.6 Å². The largest absolute Gasteiger partial charge is 0.496 e. The van der Waals surface area contributed by atoms with Crippen molar-refractivity contribution in [3.05, 3.63) is 23.3 Å². The Balaban J connectivity index is 2.27. The molecule has 288 valence electrons. The van der Waals surface area contributed by atoms with Gasteiger partial charge >= 0.3 is 41.8 Å². The second-order valence-corrected chi connectivity index (χ2v) is 11.9. The number of benzene rings is 1. The topological polar surface area (TPSA) is 221 Å². The number of carbonyl (C=O) groups excluding carboxylic acids is 7. The van der Waals surface area contributed by atoms with Crippen molar-refractivity contribution in [1.82, 2.24) is 0 Å². The first kappa shape index (κ1) is 41.5. The molecule has 2 aliphatic rings. The van der Waals surface area contributed by atoms with Crippen LogP contribution < -0.4 is 9.47 Å². The Kier molecular flexibility index (Phi) is 14.3. The minimum Gasteiger partial charge on any atom is -0.496 e. The van der Waals surface area contributed by atoms with Crippen LogP contribution in [0.1, 0.15) is 78.7 Å². The lowest BCUT2D eigenvalue weighted by atomic mass is 9.87. The van der Waals surface area contributed by atoms with Crippen molar-refractivity contribution in [2.45, 2.75) is 116 Å². The van der Waals surface area contributed by atoms with Gasteiger partial charge in [-0.25, -0.2) is 0 Å². The van der Waals surface area contributed by atoms with Crippen LogP contribution in [0, 0.1) is 0 Å². The fraction of sp³-hybridized carbons (Fsp3) is 0.618. The van der Waals surface area contributed by atoms with Crippen molar-refractivity contribution < 1.29 is 85.7 Å². The molecule has 2 saturated heterocycles. The van der Waals surface area contributed by atoms with E-state index in [1.54, 1.807) is 6.92 Å². The molecule has 52 heavy (non-hydrogen) atoms. The predicted molar refractivity (Wildman–Crippen MR) is 170 cm³/mol. The first-order chi connectivity index (χ1) is 24.4. The molecule has 2 heterocycles. The third kappa shape index (κ3) is 10.3.